The molecule has 0 spiro atoms. The number of ether oxygens (including phenoxy) is 2. The zero-order chi connectivity index (χ0) is 16.7. The van der Waals surface area contributed by atoms with Crippen LogP contribution in [0.15, 0.2) is 24.3 Å². The molecule has 1 fully saturated rings. The highest BCUT2D eigenvalue weighted by Gasteiger charge is 2.17. The van der Waals surface area contributed by atoms with Crippen LogP contribution in [0.1, 0.15) is 43.0 Å². The molecule has 0 heterocycles. The lowest BCUT2D eigenvalue weighted by atomic mass is 10.1. The van der Waals surface area contributed by atoms with Crippen LogP contribution in [0.3, 0.4) is 0 Å². The second kappa shape index (κ2) is 8.31. The van der Waals surface area contributed by atoms with Crippen LogP contribution in [0, 0.1) is 0 Å². The number of carbonyl (C=O) groups is 3. The summed E-state index contributed by atoms with van der Waals surface area (Å²) >= 11 is 0. The smallest absolute Gasteiger partial charge is 0.344 e. The number of amides is 1. The summed E-state index contributed by atoms with van der Waals surface area (Å²) in [6, 6.07) is 6.74. The van der Waals surface area contributed by atoms with Gasteiger partial charge in [-0.2, -0.15) is 0 Å². The number of esters is 1. The number of rotatable bonds is 7. The molecule has 6 nitrogen and oxygen atoms in total. The summed E-state index contributed by atoms with van der Waals surface area (Å²) in [6.07, 6.45) is 4.21. The van der Waals surface area contributed by atoms with Gasteiger partial charge in [0.1, 0.15) is 5.75 Å². The van der Waals surface area contributed by atoms with Gasteiger partial charge in [0, 0.05) is 11.6 Å². The number of hydrogen-bond acceptors (Lipinski definition) is 5. The highest BCUT2D eigenvalue weighted by Crippen LogP contribution is 2.17. The van der Waals surface area contributed by atoms with Crippen molar-refractivity contribution in [3.63, 3.8) is 0 Å². The Hall–Kier alpha value is -2.37. The predicted molar refractivity (Wildman–Crippen MR) is 83.3 cm³/mol. The fourth-order valence-electron chi connectivity index (χ4n) is 2.47. The maximum atomic E-state index is 11.6. The molecule has 0 atom stereocenters. The third kappa shape index (κ3) is 5.73. The Morgan fingerprint density at radius 1 is 1.17 bits per heavy atom. The van der Waals surface area contributed by atoms with E-state index in [0.29, 0.717) is 11.3 Å². The minimum absolute atomic E-state index is 0.0818. The molecule has 0 saturated heterocycles. The molecule has 23 heavy (non-hydrogen) atoms. The fourth-order valence-corrected chi connectivity index (χ4v) is 2.47. The molecule has 1 aromatic rings. The van der Waals surface area contributed by atoms with Crippen LogP contribution in [0.5, 0.6) is 5.75 Å². The fraction of sp³-hybridized carbons (Fsp3) is 0.471. The number of carbonyl (C=O) groups excluding carboxylic acids is 3. The Labute approximate surface area is 135 Å². The molecule has 6 heteroatoms. The van der Waals surface area contributed by atoms with E-state index in [1.165, 1.54) is 6.92 Å². The van der Waals surface area contributed by atoms with E-state index in [1.54, 1.807) is 24.3 Å². The molecule has 1 aliphatic rings. The van der Waals surface area contributed by atoms with E-state index in [4.69, 9.17) is 9.47 Å². The maximum absolute atomic E-state index is 11.6. The van der Waals surface area contributed by atoms with Crippen LogP contribution in [-0.2, 0) is 14.3 Å². The van der Waals surface area contributed by atoms with E-state index in [-0.39, 0.29) is 30.9 Å². The van der Waals surface area contributed by atoms with Gasteiger partial charge in [-0.3, -0.25) is 9.59 Å². The lowest BCUT2D eigenvalue weighted by Crippen LogP contribution is -2.36. The molecule has 1 aliphatic carbocycles. The zero-order valence-electron chi connectivity index (χ0n) is 13.2. The highest BCUT2D eigenvalue weighted by atomic mass is 16.6. The summed E-state index contributed by atoms with van der Waals surface area (Å²) in [4.78, 5) is 34.5. The first-order chi connectivity index (χ1) is 11.0. The van der Waals surface area contributed by atoms with E-state index in [2.05, 4.69) is 5.32 Å². The van der Waals surface area contributed by atoms with Gasteiger partial charge in [-0.15, -0.1) is 0 Å². The van der Waals surface area contributed by atoms with E-state index in [1.807, 2.05) is 0 Å². The average molecular weight is 319 g/mol. The minimum atomic E-state index is -0.625. The van der Waals surface area contributed by atoms with Crippen molar-refractivity contribution in [3.05, 3.63) is 29.8 Å². The zero-order valence-corrected chi connectivity index (χ0v) is 13.2. The lowest BCUT2D eigenvalue weighted by molar-refractivity contribution is -0.150. The molecule has 0 aliphatic heterocycles. The van der Waals surface area contributed by atoms with Gasteiger partial charge in [-0.1, -0.05) is 25.0 Å². The van der Waals surface area contributed by atoms with Gasteiger partial charge in [0.15, 0.2) is 19.0 Å². The van der Waals surface area contributed by atoms with Gasteiger partial charge in [0.2, 0.25) is 0 Å². The first-order valence-corrected chi connectivity index (χ1v) is 7.73. The van der Waals surface area contributed by atoms with Crippen molar-refractivity contribution < 1.29 is 23.9 Å². The number of benzene rings is 1. The van der Waals surface area contributed by atoms with E-state index in [9.17, 15) is 14.4 Å². The van der Waals surface area contributed by atoms with Crippen molar-refractivity contribution in [2.45, 2.75) is 38.6 Å². The molecular formula is C17H21NO5. The summed E-state index contributed by atoms with van der Waals surface area (Å²) < 4.78 is 10.1. The predicted octanol–water partition coefficient (Wildman–Crippen LogP) is 1.87. The first kappa shape index (κ1) is 17.0. The van der Waals surface area contributed by atoms with Crippen LogP contribution >= 0.6 is 0 Å². The van der Waals surface area contributed by atoms with Crippen LogP contribution in [0.2, 0.25) is 0 Å². The third-order valence-corrected chi connectivity index (χ3v) is 3.68. The van der Waals surface area contributed by atoms with Gasteiger partial charge >= 0.3 is 5.97 Å². The topological polar surface area (TPSA) is 81.7 Å². The van der Waals surface area contributed by atoms with Crippen molar-refractivity contribution in [1.29, 1.82) is 0 Å². The van der Waals surface area contributed by atoms with Crippen molar-refractivity contribution >= 4 is 17.7 Å². The second-order valence-corrected chi connectivity index (χ2v) is 5.58. The Balaban J connectivity index is 1.69. The SMILES string of the molecule is CC(=O)c1cccc(OCC(=O)OCC(=O)NC2CCCC2)c1. The van der Waals surface area contributed by atoms with Gasteiger partial charge in [0.25, 0.3) is 5.91 Å². The van der Waals surface area contributed by atoms with Crippen molar-refractivity contribution in [1.82, 2.24) is 5.32 Å². The normalized spacial score (nSPS) is 14.3. The Bertz CT molecular complexity index is 578. The molecule has 0 unspecified atom stereocenters. The number of hydrogen-bond donors (Lipinski definition) is 1. The quantitative estimate of drug-likeness (QED) is 0.613. The molecular weight excluding hydrogens is 298 g/mol. The third-order valence-electron chi connectivity index (χ3n) is 3.68. The monoisotopic (exact) mass is 319 g/mol. The summed E-state index contributed by atoms with van der Waals surface area (Å²) in [5, 5.41) is 2.83. The van der Waals surface area contributed by atoms with Gasteiger partial charge in [-0.05, 0) is 31.9 Å². The van der Waals surface area contributed by atoms with Crippen molar-refractivity contribution in [2.24, 2.45) is 0 Å². The lowest BCUT2D eigenvalue weighted by Gasteiger charge is -2.12. The molecule has 1 N–H and O–H groups in total. The summed E-state index contributed by atoms with van der Waals surface area (Å²) in [6.45, 7) is 0.848. The molecule has 124 valence electrons. The van der Waals surface area contributed by atoms with Gasteiger partial charge < -0.3 is 14.8 Å². The second-order valence-electron chi connectivity index (χ2n) is 5.58. The van der Waals surface area contributed by atoms with Crippen LogP contribution in [0.25, 0.3) is 0 Å². The van der Waals surface area contributed by atoms with E-state index < -0.39 is 5.97 Å². The average Bonchev–Trinajstić information content (AvgIpc) is 3.04. The Morgan fingerprint density at radius 2 is 1.91 bits per heavy atom. The summed E-state index contributed by atoms with van der Waals surface area (Å²) in [5.41, 5.74) is 0.506. The molecule has 0 bridgehead atoms. The van der Waals surface area contributed by atoms with Gasteiger partial charge in [0.05, 0.1) is 0 Å². The molecule has 1 amide bonds. The first-order valence-electron chi connectivity index (χ1n) is 7.73. The van der Waals surface area contributed by atoms with Crippen molar-refractivity contribution in [3.8, 4) is 5.75 Å². The standard InChI is InChI=1S/C17H21NO5/c1-12(19)13-5-4-8-15(9-13)22-11-17(21)23-10-16(20)18-14-6-2-3-7-14/h4-5,8-9,14H,2-3,6-7,10-11H2,1H3,(H,18,20). The highest BCUT2D eigenvalue weighted by molar-refractivity contribution is 5.94. The molecule has 0 aromatic heterocycles. The Morgan fingerprint density at radius 3 is 2.61 bits per heavy atom. The molecule has 0 radical (unpaired) electrons. The maximum Gasteiger partial charge on any atom is 0.344 e. The van der Waals surface area contributed by atoms with Gasteiger partial charge in [-0.25, -0.2) is 4.79 Å². The summed E-state index contributed by atoms with van der Waals surface area (Å²) in [7, 11) is 0. The number of ketones is 1. The number of Topliss-reactive ketones (excluding diaryl/α,β-unsaturated/α-hetero) is 1. The molecule has 2 rings (SSSR count). The molecule has 1 aromatic carbocycles. The van der Waals surface area contributed by atoms with Crippen LogP contribution in [0.4, 0.5) is 0 Å². The van der Waals surface area contributed by atoms with E-state index >= 15 is 0 Å². The number of nitrogens with one attached hydrogen (secondary N) is 1. The van der Waals surface area contributed by atoms with Crippen LogP contribution < -0.4 is 10.1 Å². The van der Waals surface area contributed by atoms with Crippen LogP contribution in [-0.4, -0.2) is 36.9 Å². The Kier molecular flexibility index (Phi) is 6.14. The minimum Gasteiger partial charge on any atom is -0.482 e. The van der Waals surface area contributed by atoms with E-state index in [0.717, 1.165) is 25.7 Å². The largest absolute Gasteiger partial charge is 0.482 e. The molecule has 1 saturated carbocycles. The summed E-state index contributed by atoms with van der Waals surface area (Å²) in [5.74, 6) is -0.588. The van der Waals surface area contributed by atoms with Crippen molar-refractivity contribution in [2.75, 3.05) is 13.2 Å².